The molecule has 0 unspecified atom stereocenters. The number of benzene rings is 2. The SMILES string of the molecule is CCOC(=O)C(=O)C(=O)c1ccccc1SCc1ccccc1. The summed E-state index contributed by atoms with van der Waals surface area (Å²) in [4.78, 5) is 36.2. The molecule has 0 amide bonds. The van der Waals surface area contributed by atoms with Gasteiger partial charge in [-0.05, 0) is 24.6 Å². The predicted octanol–water partition coefficient (Wildman–Crippen LogP) is 3.29. The third-order valence-electron chi connectivity index (χ3n) is 3.04. The van der Waals surface area contributed by atoms with E-state index in [-0.39, 0.29) is 12.2 Å². The van der Waals surface area contributed by atoms with E-state index in [0.717, 1.165) is 5.56 Å². The van der Waals surface area contributed by atoms with Crippen molar-refractivity contribution in [3.05, 3.63) is 65.7 Å². The van der Waals surface area contributed by atoms with Crippen molar-refractivity contribution in [2.24, 2.45) is 0 Å². The molecule has 0 spiro atoms. The Balaban J connectivity index is 2.15. The van der Waals surface area contributed by atoms with Gasteiger partial charge in [-0.25, -0.2) is 4.79 Å². The van der Waals surface area contributed by atoms with Crippen LogP contribution in [0.3, 0.4) is 0 Å². The maximum atomic E-state index is 12.2. The lowest BCUT2D eigenvalue weighted by Crippen LogP contribution is -2.26. The fourth-order valence-electron chi connectivity index (χ4n) is 1.93. The van der Waals surface area contributed by atoms with Crippen molar-refractivity contribution in [3.8, 4) is 0 Å². The van der Waals surface area contributed by atoms with Crippen LogP contribution in [-0.2, 0) is 20.1 Å². The van der Waals surface area contributed by atoms with Gasteiger partial charge in [-0.1, -0.05) is 42.5 Å². The Hall–Kier alpha value is -2.40. The van der Waals surface area contributed by atoms with E-state index in [2.05, 4.69) is 4.74 Å². The minimum absolute atomic E-state index is 0.0578. The van der Waals surface area contributed by atoms with Gasteiger partial charge in [0.2, 0.25) is 5.78 Å². The summed E-state index contributed by atoms with van der Waals surface area (Å²) in [6.45, 7) is 1.64. The number of ether oxygens (including phenoxy) is 1. The number of carbonyl (C=O) groups is 3. The normalized spacial score (nSPS) is 10.1. The Morgan fingerprint density at radius 3 is 2.30 bits per heavy atom. The zero-order valence-corrected chi connectivity index (χ0v) is 13.5. The van der Waals surface area contributed by atoms with Gasteiger partial charge in [0.15, 0.2) is 0 Å². The molecule has 2 rings (SSSR count). The van der Waals surface area contributed by atoms with Crippen LogP contribution in [0.15, 0.2) is 59.5 Å². The molecule has 2 aromatic rings. The molecular weight excluding hydrogens is 312 g/mol. The highest BCUT2D eigenvalue weighted by molar-refractivity contribution is 7.98. The van der Waals surface area contributed by atoms with Crippen LogP contribution < -0.4 is 0 Å². The van der Waals surface area contributed by atoms with Crippen molar-refractivity contribution < 1.29 is 19.1 Å². The molecule has 0 radical (unpaired) electrons. The van der Waals surface area contributed by atoms with Crippen molar-refractivity contribution in [2.75, 3.05) is 6.61 Å². The molecule has 0 N–H and O–H groups in total. The second-order valence-electron chi connectivity index (χ2n) is 4.65. The predicted molar refractivity (Wildman–Crippen MR) is 88.4 cm³/mol. The maximum absolute atomic E-state index is 12.2. The minimum atomic E-state index is -1.14. The molecule has 118 valence electrons. The second kappa shape index (κ2) is 8.29. The highest BCUT2D eigenvalue weighted by atomic mass is 32.2. The fourth-order valence-corrected chi connectivity index (χ4v) is 2.93. The van der Waals surface area contributed by atoms with Crippen LogP contribution in [-0.4, -0.2) is 24.1 Å². The molecule has 4 nitrogen and oxygen atoms in total. The van der Waals surface area contributed by atoms with Gasteiger partial charge in [0, 0.05) is 16.2 Å². The molecule has 0 heterocycles. The van der Waals surface area contributed by atoms with Gasteiger partial charge in [-0.2, -0.15) is 0 Å². The van der Waals surface area contributed by atoms with E-state index >= 15 is 0 Å². The smallest absolute Gasteiger partial charge is 0.383 e. The van der Waals surface area contributed by atoms with Gasteiger partial charge in [0.05, 0.1) is 6.61 Å². The molecule has 0 saturated carbocycles. The van der Waals surface area contributed by atoms with E-state index in [1.165, 1.54) is 11.8 Å². The van der Waals surface area contributed by atoms with Crippen LogP contribution in [0, 0.1) is 0 Å². The molecule has 0 aliphatic heterocycles. The molecule has 2 aromatic carbocycles. The average Bonchev–Trinajstić information content (AvgIpc) is 2.60. The summed E-state index contributed by atoms with van der Waals surface area (Å²) in [5.41, 5.74) is 1.34. The van der Waals surface area contributed by atoms with Crippen LogP contribution in [0.4, 0.5) is 0 Å². The summed E-state index contributed by atoms with van der Waals surface area (Å²) >= 11 is 1.45. The van der Waals surface area contributed by atoms with Crippen molar-refractivity contribution in [1.29, 1.82) is 0 Å². The number of ketones is 2. The molecule has 0 fully saturated rings. The average molecular weight is 328 g/mol. The Bertz CT molecular complexity index is 710. The number of carbonyl (C=O) groups excluding carboxylic acids is 3. The fraction of sp³-hybridized carbons (Fsp3) is 0.167. The van der Waals surface area contributed by atoms with E-state index in [1.54, 1.807) is 31.2 Å². The standard InChI is InChI=1S/C18H16O4S/c1-2-22-18(21)17(20)16(19)14-10-6-7-11-15(14)23-12-13-8-4-3-5-9-13/h3-11H,2,12H2,1H3. The number of Topliss-reactive ketones (excluding diaryl/α,β-unsaturated/α-hetero) is 2. The second-order valence-corrected chi connectivity index (χ2v) is 5.67. The molecule has 0 aromatic heterocycles. The number of rotatable bonds is 7. The number of hydrogen-bond acceptors (Lipinski definition) is 5. The maximum Gasteiger partial charge on any atom is 0.383 e. The molecular formula is C18H16O4S. The third kappa shape index (κ3) is 4.53. The molecule has 0 aliphatic carbocycles. The highest BCUT2D eigenvalue weighted by Gasteiger charge is 2.27. The highest BCUT2D eigenvalue weighted by Crippen LogP contribution is 2.26. The van der Waals surface area contributed by atoms with Gasteiger partial charge in [-0.15, -0.1) is 11.8 Å². The van der Waals surface area contributed by atoms with Gasteiger partial charge in [0.25, 0.3) is 0 Å². The number of hydrogen-bond donors (Lipinski definition) is 0. The third-order valence-corrected chi connectivity index (χ3v) is 4.18. The Labute approximate surface area is 138 Å². The van der Waals surface area contributed by atoms with Gasteiger partial charge >= 0.3 is 11.8 Å². The minimum Gasteiger partial charge on any atom is -0.460 e. The van der Waals surface area contributed by atoms with Crippen LogP contribution >= 0.6 is 11.8 Å². The van der Waals surface area contributed by atoms with E-state index in [0.29, 0.717) is 10.6 Å². The van der Waals surface area contributed by atoms with Crippen LogP contribution in [0.1, 0.15) is 22.8 Å². The molecule has 23 heavy (non-hydrogen) atoms. The molecule has 0 bridgehead atoms. The van der Waals surface area contributed by atoms with E-state index in [9.17, 15) is 14.4 Å². The summed E-state index contributed by atoms with van der Waals surface area (Å²) in [5.74, 6) is -2.42. The summed E-state index contributed by atoms with van der Waals surface area (Å²) in [7, 11) is 0. The lowest BCUT2D eigenvalue weighted by Gasteiger charge is -2.07. The summed E-state index contributed by atoms with van der Waals surface area (Å²) in [6, 6.07) is 16.6. The van der Waals surface area contributed by atoms with Crippen molar-refractivity contribution in [3.63, 3.8) is 0 Å². The molecule has 5 heteroatoms. The first kappa shape index (κ1) is 17.0. The zero-order chi connectivity index (χ0) is 16.7. The van der Waals surface area contributed by atoms with Crippen molar-refractivity contribution in [1.82, 2.24) is 0 Å². The Kier molecular flexibility index (Phi) is 6.11. The van der Waals surface area contributed by atoms with Gasteiger partial charge in [-0.3, -0.25) is 9.59 Å². The van der Waals surface area contributed by atoms with Crippen LogP contribution in [0.5, 0.6) is 0 Å². The first-order valence-corrected chi connectivity index (χ1v) is 8.13. The largest absolute Gasteiger partial charge is 0.460 e. The summed E-state index contributed by atoms with van der Waals surface area (Å²) < 4.78 is 4.60. The topological polar surface area (TPSA) is 60.4 Å². The zero-order valence-electron chi connectivity index (χ0n) is 12.7. The van der Waals surface area contributed by atoms with Crippen LogP contribution in [0.2, 0.25) is 0 Å². The quantitative estimate of drug-likeness (QED) is 0.257. The van der Waals surface area contributed by atoms with Crippen molar-refractivity contribution >= 4 is 29.3 Å². The van der Waals surface area contributed by atoms with Gasteiger partial charge < -0.3 is 4.74 Å². The first-order valence-electron chi connectivity index (χ1n) is 7.15. The van der Waals surface area contributed by atoms with E-state index < -0.39 is 17.5 Å². The van der Waals surface area contributed by atoms with Crippen LogP contribution in [0.25, 0.3) is 0 Å². The van der Waals surface area contributed by atoms with Gasteiger partial charge in [0.1, 0.15) is 0 Å². The number of esters is 1. The van der Waals surface area contributed by atoms with E-state index in [4.69, 9.17) is 0 Å². The Morgan fingerprint density at radius 1 is 0.957 bits per heavy atom. The molecule has 0 atom stereocenters. The first-order chi connectivity index (χ1) is 11.1. The molecule has 0 saturated heterocycles. The summed E-state index contributed by atoms with van der Waals surface area (Å²) in [6.07, 6.45) is 0. The molecule has 0 aliphatic rings. The monoisotopic (exact) mass is 328 g/mol. The van der Waals surface area contributed by atoms with E-state index in [1.807, 2.05) is 30.3 Å². The summed E-state index contributed by atoms with van der Waals surface area (Å²) in [5, 5.41) is 0. The lowest BCUT2D eigenvalue weighted by atomic mass is 10.1. The lowest BCUT2D eigenvalue weighted by molar-refractivity contribution is -0.151. The Morgan fingerprint density at radius 2 is 1.61 bits per heavy atom. The van der Waals surface area contributed by atoms with Crippen molar-refractivity contribution in [2.45, 2.75) is 17.6 Å². The number of thioether (sulfide) groups is 1.